The summed E-state index contributed by atoms with van der Waals surface area (Å²) in [5.41, 5.74) is 1.09. The number of hydrogen-bond donors (Lipinski definition) is 2. The molecule has 1 aromatic heterocycles. The van der Waals surface area contributed by atoms with E-state index in [2.05, 4.69) is 15.4 Å². The fourth-order valence-electron chi connectivity index (χ4n) is 3.15. The van der Waals surface area contributed by atoms with Crippen LogP contribution in [0.1, 0.15) is 30.6 Å². The van der Waals surface area contributed by atoms with Crippen molar-refractivity contribution in [2.24, 2.45) is 5.14 Å². The van der Waals surface area contributed by atoms with Crippen LogP contribution >= 0.6 is 0 Å². The molecule has 0 amide bonds. The predicted octanol–water partition coefficient (Wildman–Crippen LogP) is 2.16. The van der Waals surface area contributed by atoms with Crippen LogP contribution in [0.5, 0.6) is 0 Å². The van der Waals surface area contributed by atoms with E-state index in [0.29, 0.717) is 31.2 Å². The largest absolute Gasteiger partial charge is 0.383 e. The van der Waals surface area contributed by atoms with Gasteiger partial charge in [0.25, 0.3) is 0 Å². The smallest absolute Gasteiger partial charge is 0.238 e. The van der Waals surface area contributed by atoms with Crippen molar-refractivity contribution < 1.29 is 17.5 Å². The van der Waals surface area contributed by atoms with Crippen LogP contribution in [0.4, 0.5) is 4.39 Å². The number of nitrogens with two attached hydrogens (primary N) is 1. The molecule has 2 aromatic carbocycles. The monoisotopic (exact) mass is 447 g/mol. The van der Waals surface area contributed by atoms with Crippen molar-refractivity contribution >= 4 is 10.0 Å². The molecule has 0 aliphatic rings. The second kappa shape index (κ2) is 10.1. The number of nitrogens with one attached hydrogen (secondary N) is 1. The Morgan fingerprint density at radius 2 is 1.97 bits per heavy atom. The van der Waals surface area contributed by atoms with Gasteiger partial charge < -0.3 is 10.1 Å². The molecule has 1 heterocycles. The number of hydrogen-bond acceptors (Lipinski definition) is 6. The molecule has 3 N–H and O–H groups in total. The summed E-state index contributed by atoms with van der Waals surface area (Å²) in [5, 5.41) is 12.9. The van der Waals surface area contributed by atoms with E-state index >= 15 is 0 Å². The molecule has 0 saturated carbocycles. The third kappa shape index (κ3) is 5.95. The number of rotatable bonds is 10. The molecular weight excluding hydrogens is 421 g/mol. The van der Waals surface area contributed by atoms with E-state index in [1.165, 1.54) is 16.8 Å². The predicted molar refractivity (Wildman–Crippen MR) is 115 cm³/mol. The van der Waals surface area contributed by atoms with E-state index in [0.717, 1.165) is 18.1 Å². The lowest BCUT2D eigenvalue weighted by Crippen LogP contribution is -2.32. The first kappa shape index (κ1) is 23.0. The van der Waals surface area contributed by atoms with E-state index in [-0.39, 0.29) is 16.6 Å². The molecule has 0 fully saturated rings. The Kier molecular flexibility index (Phi) is 7.50. The Bertz CT molecular complexity index is 1120. The normalized spacial score (nSPS) is 12.8. The highest BCUT2D eigenvalue weighted by molar-refractivity contribution is 7.89. The van der Waals surface area contributed by atoms with E-state index in [1.807, 2.05) is 37.3 Å². The van der Waals surface area contributed by atoms with Gasteiger partial charge in [0.1, 0.15) is 17.3 Å². The number of primary sulfonamides is 1. The van der Waals surface area contributed by atoms with Crippen LogP contribution in [-0.2, 0) is 27.7 Å². The van der Waals surface area contributed by atoms with Crippen molar-refractivity contribution in [1.29, 1.82) is 0 Å². The van der Waals surface area contributed by atoms with Gasteiger partial charge in [0, 0.05) is 19.6 Å². The third-order valence-corrected chi connectivity index (χ3v) is 5.72. The molecule has 1 atom stereocenters. The molecule has 0 aliphatic heterocycles. The minimum Gasteiger partial charge on any atom is -0.383 e. The van der Waals surface area contributed by atoms with Gasteiger partial charge >= 0.3 is 0 Å². The lowest BCUT2D eigenvalue weighted by Gasteiger charge is -2.14. The molecule has 3 rings (SSSR count). The summed E-state index contributed by atoms with van der Waals surface area (Å²) in [5.74, 6) is 0.275. The zero-order chi connectivity index (χ0) is 22.4. The maximum atomic E-state index is 14.8. The average Bonchev–Trinajstić information content (AvgIpc) is 3.13. The van der Waals surface area contributed by atoms with E-state index in [4.69, 9.17) is 9.88 Å². The van der Waals surface area contributed by atoms with Gasteiger partial charge in [-0.25, -0.2) is 27.6 Å². The maximum Gasteiger partial charge on any atom is 0.238 e. The Labute approximate surface area is 181 Å². The summed E-state index contributed by atoms with van der Waals surface area (Å²) < 4.78 is 44.5. The average molecular weight is 448 g/mol. The van der Waals surface area contributed by atoms with Gasteiger partial charge in [-0.15, -0.1) is 5.10 Å². The minimum atomic E-state index is -4.01. The Hall–Kier alpha value is -2.66. The van der Waals surface area contributed by atoms with Crippen molar-refractivity contribution in [3.8, 4) is 5.69 Å². The highest BCUT2D eigenvalue weighted by Crippen LogP contribution is 2.20. The highest BCUT2D eigenvalue weighted by atomic mass is 32.2. The molecule has 1 unspecified atom stereocenters. The highest BCUT2D eigenvalue weighted by Gasteiger charge is 2.18. The number of aromatic nitrogens is 3. The summed E-state index contributed by atoms with van der Waals surface area (Å²) in [6.45, 7) is 2.98. The molecule has 166 valence electrons. The molecule has 0 saturated heterocycles. The molecule has 31 heavy (non-hydrogen) atoms. The van der Waals surface area contributed by atoms with E-state index in [9.17, 15) is 12.8 Å². The van der Waals surface area contributed by atoms with Crippen LogP contribution < -0.4 is 10.5 Å². The number of ether oxygens (including phenoxy) is 1. The topological polar surface area (TPSA) is 112 Å². The van der Waals surface area contributed by atoms with Gasteiger partial charge in [-0.3, -0.25) is 0 Å². The third-order valence-electron chi connectivity index (χ3n) is 4.81. The lowest BCUT2D eigenvalue weighted by molar-refractivity contribution is 0.163. The fourth-order valence-corrected chi connectivity index (χ4v) is 3.67. The summed E-state index contributed by atoms with van der Waals surface area (Å²) in [6.07, 6.45) is 1.30. The van der Waals surface area contributed by atoms with Gasteiger partial charge in [-0.05, 0) is 30.2 Å². The van der Waals surface area contributed by atoms with Crippen molar-refractivity contribution in [2.45, 2.75) is 37.2 Å². The maximum absolute atomic E-state index is 14.8. The number of nitrogens with zero attached hydrogens (tertiary/aromatic N) is 3. The Balaban J connectivity index is 1.96. The van der Waals surface area contributed by atoms with Crippen molar-refractivity contribution in [3.05, 3.63) is 71.6 Å². The summed E-state index contributed by atoms with van der Waals surface area (Å²) >= 11 is 0. The molecular formula is C21H26FN5O3S. The lowest BCUT2D eigenvalue weighted by atomic mass is 10.1. The van der Waals surface area contributed by atoms with Crippen LogP contribution in [-0.4, -0.2) is 42.9 Å². The SMILES string of the molecule is CCC(COC)NCc1nc(Cc2ccccc2)n(-c2ccc(S(N)(=O)=O)cc2F)n1. The van der Waals surface area contributed by atoms with Crippen LogP contribution in [0.25, 0.3) is 5.69 Å². The van der Waals surface area contributed by atoms with Crippen LogP contribution in [0.15, 0.2) is 53.4 Å². The van der Waals surface area contributed by atoms with Crippen LogP contribution in [0.2, 0.25) is 0 Å². The van der Waals surface area contributed by atoms with E-state index in [1.54, 1.807) is 7.11 Å². The van der Waals surface area contributed by atoms with Gasteiger partial charge in [-0.1, -0.05) is 37.3 Å². The first-order valence-corrected chi connectivity index (χ1v) is 11.4. The first-order valence-electron chi connectivity index (χ1n) is 9.85. The molecule has 0 aliphatic carbocycles. The molecule has 0 bridgehead atoms. The fraction of sp³-hybridized carbons (Fsp3) is 0.333. The first-order chi connectivity index (χ1) is 14.8. The number of methoxy groups -OCH3 is 1. The van der Waals surface area contributed by atoms with Crippen molar-refractivity contribution in [3.63, 3.8) is 0 Å². The standard InChI is InChI=1S/C21H26FN5O3S/c1-3-16(14-30-2)24-13-20-25-21(11-15-7-5-4-6-8-15)27(26-20)19-10-9-17(12-18(19)22)31(23,28)29/h4-10,12,16,24H,3,11,13-14H2,1-2H3,(H2,23,28,29). The summed E-state index contributed by atoms with van der Waals surface area (Å²) in [6, 6.07) is 13.3. The quantitative estimate of drug-likeness (QED) is 0.493. The van der Waals surface area contributed by atoms with Gasteiger partial charge in [0.2, 0.25) is 10.0 Å². The minimum absolute atomic E-state index is 0.0982. The number of sulfonamides is 1. The Morgan fingerprint density at radius 1 is 1.23 bits per heavy atom. The van der Waals surface area contributed by atoms with E-state index < -0.39 is 15.8 Å². The number of benzene rings is 2. The van der Waals surface area contributed by atoms with Crippen LogP contribution in [0, 0.1) is 5.82 Å². The van der Waals surface area contributed by atoms with Gasteiger partial charge in [0.05, 0.1) is 18.0 Å². The van der Waals surface area contributed by atoms with Crippen LogP contribution in [0.3, 0.4) is 0 Å². The summed E-state index contributed by atoms with van der Waals surface area (Å²) in [7, 11) is -2.37. The van der Waals surface area contributed by atoms with Crippen molar-refractivity contribution in [2.75, 3.05) is 13.7 Å². The second-order valence-corrected chi connectivity index (χ2v) is 8.68. The van der Waals surface area contributed by atoms with Crippen molar-refractivity contribution in [1.82, 2.24) is 20.1 Å². The second-order valence-electron chi connectivity index (χ2n) is 7.12. The molecule has 3 aromatic rings. The zero-order valence-corrected chi connectivity index (χ0v) is 18.3. The Morgan fingerprint density at radius 3 is 2.58 bits per heavy atom. The molecule has 10 heteroatoms. The molecule has 0 spiro atoms. The molecule has 0 radical (unpaired) electrons. The molecule has 8 nitrogen and oxygen atoms in total. The van der Waals surface area contributed by atoms with Gasteiger partial charge in [0.15, 0.2) is 5.82 Å². The summed E-state index contributed by atoms with van der Waals surface area (Å²) in [4.78, 5) is 4.30. The number of halogens is 1. The van der Waals surface area contributed by atoms with Gasteiger partial charge in [-0.2, -0.15) is 0 Å². The zero-order valence-electron chi connectivity index (χ0n) is 17.5.